The lowest BCUT2D eigenvalue weighted by Gasteiger charge is -2.34. The molecular formula is C21H29N5O3. The van der Waals surface area contributed by atoms with Crippen molar-refractivity contribution in [1.29, 1.82) is 0 Å². The number of rotatable bonds is 8. The molecule has 0 atom stereocenters. The highest BCUT2D eigenvalue weighted by Gasteiger charge is 2.22. The lowest BCUT2D eigenvalue weighted by molar-refractivity contribution is -0.133. The standard InChI is InChI=1S/C21H29N5O3/c1-16(2)22-18(27)15-25-11-13-26(14-12-25)20(28)10-6-9-19-23-24-21(29-19)17-7-4-3-5-8-17/h3-5,7-8,16H,6,9-15H2,1-2H3,(H,22,27). The molecule has 0 bridgehead atoms. The van der Waals surface area contributed by atoms with Crippen LogP contribution in [0.5, 0.6) is 0 Å². The van der Waals surface area contributed by atoms with Crippen LogP contribution in [0.2, 0.25) is 0 Å². The topological polar surface area (TPSA) is 91.6 Å². The maximum atomic E-state index is 12.5. The number of nitrogens with zero attached hydrogens (tertiary/aromatic N) is 4. The van der Waals surface area contributed by atoms with Gasteiger partial charge in [-0.15, -0.1) is 10.2 Å². The summed E-state index contributed by atoms with van der Waals surface area (Å²) < 4.78 is 5.68. The summed E-state index contributed by atoms with van der Waals surface area (Å²) in [4.78, 5) is 28.3. The molecule has 156 valence electrons. The lowest BCUT2D eigenvalue weighted by Crippen LogP contribution is -2.51. The van der Waals surface area contributed by atoms with Gasteiger partial charge in [0.2, 0.25) is 23.6 Å². The largest absolute Gasteiger partial charge is 0.421 e. The summed E-state index contributed by atoms with van der Waals surface area (Å²) in [6.45, 7) is 7.05. The zero-order chi connectivity index (χ0) is 20.6. The van der Waals surface area contributed by atoms with Crippen LogP contribution in [0.3, 0.4) is 0 Å². The van der Waals surface area contributed by atoms with Gasteiger partial charge in [-0.05, 0) is 32.4 Å². The van der Waals surface area contributed by atoms with Crippen LogP contribution in [-0.2, 0) is 16.0 Å². The van der Waals surface area contributed by atoms with Gasteiger partial charge in [-0.3, -0.25) is 14.5 Å². The first-order chi connectivity index (χ1) is 14.0. The van der Waals surface area contributed by atoms with E-state index < -0.39 is 0 Å². The Bertz CT molecular complexity index is 798. The molecule has 8 nitrogen and oxygen atoms in total. The van der Waals surface area contributed by atoms with Crippen molar-refractivity contribution in [3.8, 4) is 11.5 Å². The van der Waals surface area contributed by atoms with Gasteiger partial charge in [-0.1, -0.05) is 18.2 Å². The minimum absolute atomic E-state index is 0.0363. The minimum Gasteiger partial charge on any atom is -0.421 e. The highest BCUT2D eigenvalue weighted by molar-refractivity contribution is 5.78. The smallest absolute Gasteiger partial charge is 0.247 e. The first-order valence-electron chi connectivity index (χ1n) is 10.2. The van der Waals surface area contributed by atoms with E-state index in [1.165, 1.54) is 0 Å². The Morgan fingerprint density at radius 2 is 1.83 bits per heavy atom. The molecule has 1 N–H and O–H groups in total. The van der Waals surface area contributed by atoms with Crippen molar-refractivity contribution in [2.75, 3.05) is 32.7 Å². The van der Waals surface area contributed by atoms with Gasteiger partial charge in [-0.2, -0.15) is 0 Å². The second kappa shape index (κ2) is 10.2. The number of piperazine rings is 1. The van der Waals surface area contributed by atoms with Crippen LogP contribution in [0.4, 0.5) is 0 Å². The number of hydrogen-bond donors (Lipinski definition) is 1. The summed E-state index contributed by atoms with van der Waals surface area (Å²) in [5.41, 5.74) is 0.891. The molecule has 8 heteroatoms. The molecule has 0 spiro atoms. The normalized spacial score (nSPS) is 14.9. The van der Waals surface area contributed by atoms with E-state index in [4.69, 9.17) is 4.42 Å². The van der Waals surface area contributed by atoms with Crippen LogP contribution < -0.4 is 5.32 Å². The van der Waals surface area contributed by atoms with E-state index in [0.29, 0.717) is 50.7 Å². The highest BCUT2D eigenvalue weighted by atomic mass is 16.4. The molecular weight excluding hydrogens is 370 g/mol. The van der Waals surface area contributed by atoms with Crippen LogP contribution in [0.1, 0.15) is 32.6 Å². The molecule has 0 radical (unpaired) electrons. The summed E-state index contributed by atoms with van der Waals surface area (Å²) in [6.07, 6.45) is 1.71. The van der Waals surface area contributed by atoms with Gasteiger partial charge in [0.05, 0.1) is 6.54 Å². The van der Waals surface area contributed by atoms with Crippen molar-refractivity contribution in [2.45, 2.75) is 39.2 Å². The van der Waals surface area contributed by atoms with Crippen LogP contribution in [0, 0.1) is 0 Å². The predicted octanol–water partition coefficient (Wildman–Crippen LogP) is 1.73. The summed E-state index contributed by atoms with van der Waals surface area (Å²) in [5.74, 6) is 1.23. The quantitative estimate of drug-likeness (QED) is 0.727. The maximum Gasteiger partial charge on any atom is 0.247 e. The molecule has 0 saturated carbocycles. The van der Waals surface area contributed by atoms with E-state index >= 15 is 0 Å². The van der Waals surface area contributed by atoms with E-state index in [-0.39, 0.29) is 17.9 Å². The molecule has 1 aliphatic heterocycles. The van der Waals surface area contributed by atoms with E-state index in [2.05, 4.69) is 20.4 Å². The third kappa shape index (κ3) is 6.39. The number of aromatic nitrogens is 2. The lowest BCUT2D eigenvalue weighted by atomic mass is 10.2. The van der Waals surface area contributed by atoms with Crippen LogP contribution in [-0.4, -0.2) is 70.6 Å². The summed E-state index contributed by atoms with van der Waals surface area (Å²) in [5, 5.41) is 11.0. The molecule has 2 aromatic rings. The molecule has 1 aromatic carbocycles. The number of carbonyl (C=O) groups is 2. The van der Waals surface area contributed by atoms with E-state index in [1.54, 1.807) is 0 Å². The molecule has 1 fully saturated rings. The SMILES string of the molecule is CC(C)NC(=O)CN1CCN(C(=O)CCCc2nnc(-c3ccccc3)o2)CC1. The molecule has 0 aliphatic carbocycles. The zero-order valence-electron chi connectivity index (χ0n) is 17.1. The second-order valence-corrected chi connectivity index (χ2v) is 7.60. The van der Waals surface area contributed by atoms with Crippen LogP contribution in [0.15, 0.2) is 34.7 Å². The fraction of sp³-hybridized carbons (Fsp3) is 0.524. The fourth-order valence-electron chi connectivity index (χ4n) is 3.33. The molecule has 2 heterocycles. The first-order valence-corrected chi connectivity index (χ1v) is 10.2. The maximum absolute atomic E-state index is 12.5. The summed E-state index contributed by atoms with van der Waals surface area (Å²) in [7, 11) is 0. The number of aryl methyl sites for hydroxylation is 1. The van der Waals surface area contributed by atoms with Gasteiger partial charge in [0, 0.05) is 50.6 Å². The Morgan fingerprint density at radius 3 is 2.52 bits per heavy atom. The molecule has 1 aromatic heterocycles. The number of benzene rings is 1. The van der Waals surface area contributed by atoms with Gasteiger partial charge >= 0.3 is 0 Å². The number of amides is 2. The molecule has 3 rings (SSSR count). The van der Waals surface area contributed by atoms with Gasteiger partial charge in [0.25, 0.3) is 0 Å². The van der Waals surface area contributed by atoms with Crippen molar-refractivity contribution in [3.05, 3.63) is 36.2 Å². The van der Waals surface area contributed by atoms with Crippen molar-refractivity contribution in [1.82, 2.24) is 25.3 Å². The number of hydrogen-bond acceptors (Lipinski definition) is 6. The van der Waals surface area contributed by atoms with Crippen LogP contribution >= 0.6 is 0 Å². The Balaban J connectivity index is 1.36. The average molecular weight is 399 g/mol. The van der Waals surface area contributed by atoms with E-state index in [1.807, 2.05) is 49.1 Å². The van der Waals surface area contributed by atoms with Gasteiger partial charge in [-0.25, -0.2) is 0 Å². The average Bonchev–Trinajstić information content (AvgIpc) is 3.17. The van der Waals surface area contributed by atoms with Crippen molar-refractivity contribution in [2.24, 2.45) is 0 Å². The summed E-state index contributed by atoms with van der Waals surface area (Å²) in [6, 6.07) is 9.78. The monoisotopic (exact) mass is 399 g/mol. The van der Waals surface area contributed by atoms with E-state index in [0.717, 1.165) is 18.7 Å². The first kappa shape index (κ1) is 21.0. The Labute approximate surface area is 171 Å². The number of carbonyl (C=O) groups excluding carboxylic acids is 2. The van der Waals surface area contributed by atoms with Crippen molar-refractivity contribution >= 4 is 11.8 Å². The highest BCUT2D eigenvalue weighted by Crippen LogP contribution is 2.18. The van der Waals surface area contributed by atoms with Crippen LogP contribution in [0.25, 0.3) is 11.5 Å². The molecule has 2 amide bonds. The Kier molecular flexibility index (Phi) is 7.35. The molecule has 1 aliphatic rings. The second-order valence-electron chi connectivity index (χ2n) is 7.60. The molecule has 29 heavy (non-hydrogen) atoms. The third-order valence-corrected chi connectivity index (χ3v) is 4.81. The van der Waals surface area contributed by atoms with E-state index in [9.17, 15) is 9.59 Å². The minimum atomic E-state index is 0.0363. The van der Waals surface area contributed by atoms with Crippen molar-refractivity contribution < 1.29 is 14.0 Å². The zero-order valence-corrected chi connectivity index (χ0v) is 17.1. The van der Waals surface area contributed by atoms with Crippen molar-refractivity contribution in [3.63, 3.8) is 0 Å². The van der Waals surface area contributed by atoms with Gasteiger partial charge in [0.15, 0.2) is 0 Å². The fourth-order valence-corrected chi connectivity index (χ4v) is 3.33. The number of nitrogens with one attached hydrogen (secondary N) is 1. The van der Waals surface area contributed by atoms with Gasteiger partial charge < -0.3 is 14.6 Å². The predicted molar refractivity (Wildman–Crippen MR) is 109 cm³/mol. The molecule has 1 saturated heterocycles. The molecule has 0 unspecified atom stereocenters. The summed E-state index contributed by atoms with van der Waals surface area (Å²) >= 11 is 0. The van der Waals surface area contributed by atoms with Gasteiger partial charge in [0.1, 0.15) is 0 Å². The third-order valence-electron chi connectivity index (χ3n) is 4.81. The Morgan fingerprint density at radius 1 is 1.10 bits per heavy atom. The Hall–Kier alpha value is -2.74.